The van der Waals surface area contributed by atoms with E-state index in [1.54, 1.807) is 0 Å². The molecule has 0 heterocycles. The minimum Gasteiger partial charge on any atom is -0.314 e. The smallest absolute Gasteiger partial charge is 0.0123 e. The van der Waals surface area contributed by atoms with Gasteiger partial charge in [0.2, 0.25) is 0 Å². The molecule has 1 nitrogen and oxygen atoms in total. The van der Waals surface area contributed by atoms with Crippen LogP contribution in [0.5, 0.6) is 0 Å². The highest BCUT2D eigenvalue weighted by atomic mass is 14.9. The van der Waals surface area contributed by atoms with Crippen LogP contribution >= 0.6 is 0 Å². The van der Waals surface area contributed by atoms with Crippen LogP contribution in [0.4, 0.5) is 0 Å². The third kappa shape index (κ3) is 2.70. The van der Waals surface area contributed by atoms with Crippen LogP contribution in [0.15, 0.2) is 0 Å². The van der Waals surface area contributed by atoms with E-state index in [9.17, 15) is 0 Å². The first-order valence-electron chi connectivity index (χ1n) is 6.06. The fourth-order valence-electron chi connectivity index (χ4n) is 2.55. The highest BCUT2D eigenvalue weighted by molar-refractivity contribution is 4.86. The molecular formula is C12H25N. The van der Waals surface area contributed by atoms with Crippen molar-refractivity contribution in [3.05, 3.63) is 0 Å². The molecule has 0 aromatic rings. The molecule has 1 N–H and O–H groups in total. The van der Waals surface area contributed by atoms with E-state index in [1.165, 1.54) is 32.1 Å². The maximum Gasteiger partial charge on any atom is 0.0123 e. The van der Waals surface area contributed by atoms with Gasteiger partial charge in [-0.25, -0.2) is 0 Å². The van der Waals surface area contributed by atoms with Crippen LogP contribution in [0.1, 0.15) is 52.9 Å². The van der Waals surface area contributed by atoms with E-state index in [4.69, 9.17) is 0 Å². The topological polar surface area (TPSA) is 12.0 Å². The van der Waals surface area contributed by atoms with Crippen molar-refractivity contribution in [3.63, 3.8) is 0 Å². The summed E-state index contributed by atoms with van der Waals surface area (Å²) in [6, 6.07) is 0.814. The molecule has 1 saturated carbocycles. The standard InChI is InChI=1S/C12H25N/c1-4-10(5-2)12(13-6-3)11-8-7-9-11/h10-13H,4-9H2,1-3H3. The Labute approximate surface area is 83.3 Å². The van der Waals surface area contributed by atoms with Crippen LogP contribution < -0.4 is 5.32 Å². The van der Waals surface area contributed by atoms with E-state index >= 15 is 0 Å². The van der Waals surface area contributed by atoms with E-state index in [-0.39, 0.29) is 0 Å². The highest BCUT2D eigenvalue weighted by Gasteiger charge is 2.30. The predicted molar refractivity (Wildman–Crippen MR) is 58.9 cm³/mol. The molecular weight excluding hydrogens is 158 g/mol. The zero-order valence-electron chi connectivity index (χ0n) is 9.47. The van der Waals surface area contributed by atoms with Gasteiger partial charge in [0, 0.05) is 6.04 Å². The molecule has 1 heteroatoms. The van der Waals surface area contributed by atoms with Crippen molar-refractivity contribution in [2.24, 2.45) is 11.8 Å². The van der Waals surface area contributed by atoms with Crippen LogP contribution in [0, 0.1) is 11.8 Å². The van der Waals surface area contributed by atoms with Gasteiger partial charge in [-0.3, -0.25) is 0 Å². The zero-order valence-corrected chi connectivity index (χ0v) is 9.47. The molecule has 0 aromatic heterocycles. The van der Waals surface area contributed by atoms with Gasteiger partial charge in [0.1, 0.15) is 0 Å². The molecule has 1 rings (SSSR count). The van der Waals surface area contributed by atoms with Gasteiger partial charge in [0.05, 0.1) is 0 Å². The number of nitrogens with one attached hydrogen (secondary N) is 1. The van der Waals surface area contributed by atoms with Crippen molar-refractivity contribution in [1.29, 1.82) is 0 Å². The average molecular weight is 183 g/mol. The van der Waals surface area contributed by atoms with Gasteiger partial charge in [0.25, 0.3) is 0 Å². The molecule has 0 radical (unpaired) electrons. The number of rotatable bonds is 6. The lowest BCUT2D eigenvalue weighted by Crippen LogP contribution is -2.44. The fraction of sp³-hybridized carbons (Fsp3) is 1.00. The lowest BCUT2D eigenvalue weighted by molar-refractivity contribution is 0.169. The third-order valence-electron chi connectivity index (χ3n) is 3.65. The Morgan fingerprint density at radius 3 is 2.08 bits per heavy atom. The minimum absolute atomic E-state index is 0.814. The second-order valence-corrected chi connectivity index (χ2v) is 4.35. The van der Waals surface area contributed by atoms with Crippen molar-refractivity contribution in [3.8, 4) is 0 Å². The molecule has 0 spiro atoms. The van der Waals surface area contributed by atoms with Gasteiger partial charge < -0.3 is 5.32 Å². The first-order chi connectivity index (χ1) is 6.33. The molecule has 1 aliphatic carbocycles. The summed E-state index contributed by atoms with van der Waals surface area (Å²) in [6.45, 7) is 8.03. The fourth-order valence-corrected chi connectivity index (χ4v) is 2.55. The van der Waals surface area contributed by atoms with Crippen LogP contribution in [0.25, 0.3) is 0 Å². The molecule has 0 aromatic carbocycles. The Morgan fingerprint density at radius 2 is 1.77 bits per heavy atom. The van der Waals surface area contributed by atoms with Gasteiger partial charge in [-0.1, -0.05) is 40.0 Å². The Hall–Kier alpha value is -0.0400. The van der Waals surface area contributed by atoms with Crippen molar-refractivity contribution in [2.75, 3.05) is 6.54 Å². The first-order valence-corrected chi connectivity index (χ1v) is 6.06. The maximum atomic E-state index is 3.69. The second kappa shape index (κ2) is 5.64. The van der Waals surface area contributed by atoms with E-state index in [2.05, 4.69) is 26.1 Å². The molecule has 1 unspecified atom stereocenters. The number of hydrogen-bond donors (Lipinski definition) is 1. The molecule has 0 bridgehead atoms. The van der Waals surface area contributed by atoms with Crippen LogP contribution in [0.3, 0.4) is 0 Å². The second-order valence-electron chi connectivity index (χ2n) is 4.35. The summed E-state index contributed by atoms with van der Waals surface area (Å²) in [5, 5.41) is 3.69. The quantitative estimate of drug-likeness (QED) is 0.667. The normalized spacial score (nSPS) is 20.3. The molecule has 78 valence electrons. The highest BCUT2D eigenvalue weighted by Crippen LogP contribution is 2.34. The van der Waals surface area contributed by atoms with Crippen molar-refractivity contribution in [1.82, 2.24) is 5.32 Å². The van der Waals surface area contributed by atoms with Crippen LogP contribution in [0.2, 0.25) is 0 Å². The third-order valence-corrected chi connectivity index (χ3v) is 3.65. The Bertz CT molecular complexity index is 125. The van der Waals surface area contributed by atoms with E-state index in [1.807, 2.05) is 0 Å². The molecule has 0 aliphatic heterocycles. The summed E-state index contributed by atoms with van der Waals surface area (Å²) in [7, 11) is 0. The molecule has 0 saturated heterocycles. The molecule has 13 heavy (non-hydrogen) atoms. The van der Waals surface area contributed by atoms with E-state index in [0.29, 0.717) is 0 Å². The summed E-state index contributed by atoms with van der Waals surface area (Å²) in [5.41, 5.74) is 0. The summed E-state index contributed by atoms with van der Waals surface area (Å²) in [5.74, 6) is 1.90. The Kier molecular flexibility index (Phi) is 4.79. The van der Waals surface area contributed by atoms with Crippen molar-refractivity contribution >= 4 is 0 Å². The van der Waals surface area contributed by atoms with E-state index in [0.717, 1.165) is 24.4 Å². The average Bonchev–Trinajstić information content (AvgIpc) is 2.04. The van der Waals surface area contributed by atoms with Gasteiger partial charge in [-0.2, -0.15) is 0 Å². The largest absolute Gasteiger partial charge is 0.314 e. The summed E-state index contributed by atoms with van der Waals surface area (Å²) in [4.78, 5) is 0. The molecule has 1 atom stereocenters. The lowest BCUT2D eigenvalue weighted by Gasteiger charge is -2.38. The Balaban J connectivity index is 2.43. The molecule has 1 aliphatic rings. The zero-order chi connectivity index (χ0) is 9.68. The van der Waals surface area contributed by atoms with Crippen LogP contribution in [-0.2, 0) is 0 Å². The molecule has 0 amide bonds. The number of hydrogen-bond acceptors (Lipinski definition) is 1. The summed E-state index contributed by atoms with van der Waals surface area (Å²) < 4.78 is 0. The first kappa shape index (κ1) is 11.0. The SMILES string of the molecule is CCNC(C(CC)CC)C1CCC1. The minimum atomic E-state index is 0.814. The summed E-state index contributed by atoms with van der Waals surface area (Å²) >= 11 is 0. The lowest BCUT2D eigenvalue weighted by atomic mass is 9.73. The predicted octanol–water partition coefficient (Wildman–Crippen LogP) is 3.20. The maximum absolute atomic E-state index is 3.69. The van der Waals surface area contributed by atoms with Gasteiger partial charge in [0.15, 0.2) is 0 Å². The van der Waals surface area contributed by atoms with Crippen LogP contribution in [-0.4, -0.2) is 12.6 Å². The Morgan fingerprint density at radius 1 is 1.15 bits per heavy atom. The van der Waals surface area contributed by atoms with Crippen molar-refractivity contribution < 1.29 is 0 Å². The summed E-state index contributed by atoms with van der Waals surface area (Å²) in [6.07, 6.45) is 7.07. The van der Waals surface area contributed by atoms with Gasteiger partial charge >= 0.3 is 0 Å². The molecule has 1 fully saturated rings. The monoisotopic (exact) mass is 183 g/mol. The van der Waals surface area contributed by atoms with Gasteiger partial charge in [-0.05, 0) is 31.2 Å². The van der Waals surface area contributed by atoms with Crippen molar-refractivity contribution in [2.45, 2.75) is 58.9 Å². The van der Waals surface area contributed by atoms with E-state index < -0.39 is 0 Å². The van der Waals surface area contributed by atoms with Gasteiger partial charge in [-0.15, -0.1) is 0 Å².